The van der Waals surface area contributed by atoms with Gasteiger partial charge in [-0.15, -0.1) is 0 Å². The van der Waals surface area contributed by atoms with Gasteiger partial charge in [-0.25, -0.2) is 0 Å². The highest BCUT2D eigenvalue weighted by Gasteiger charge is 2.10. The molecule has 19 heavy (non-hydrogen) atoms. The van der Waals surface area contributed by atoms with E-state index in [9.17, 15) is 4.79 Å². The molecule has 1 atom stereocenters. The van der Waals surface area contributed by atoms with Gasteiger partial charge in [0.25, 0.3) is 0 Å². The van der Waals surface area contributed by atoms with Gasteiger partial charge < -0.3 is 20.5 Å². The van der Waals surface area contributed by atoms with Crippen molar-refractivity contribution in [3.8, 4) is 11.5 Å². The van der Waals surface area contributed by atoms with E-state index in [0.29, 0.717) is 25.5 Å². The maximum atomic E-state index is 11.0. The summed E-state index contributed by atoms with van der Waals surface area (Å²) in [5, 5.41) is 3.16. The second kappa shape index (κ2) is 7.51. The number of nitrogens with one attached hydrogen (secondary N) is 1. The number of hydrogen-bond donors (Lipinski definition) is 2. The molecule has 106 valence electrons. The smallest absolute Gasteiger partial charge is 0.222 e. The molecule has 1 rings (SSSR count). The van der Waals surface area contributed by atoms with Crippen LogP contribution >= 0.6 is 0 Å². The quantitative estimate of drug-likeness (QED) is 0.755. The third-order valence-electron chi connectivity index (χ3n) is 2.64. The molecule has 0 radical (unpaired) electrons. The standard InChI is InChI=1S/C14H22N2O3/c1-4-18-12-7-6-11(8-13(12)19-5-2)16-9-10(3)14(15)17/h6-8,10,16H,4-5,9H2,1-3H3,(H2,15,17). The molecule has 0 bridgehead atoms. The molecule has 0 aliphatic heterocycles. The van der Waals surface area contributed by atoms with Gasteiger partial charge in [-0.05, 0) is 26.0 Å². The molecule has 1 aromatic carbocycles. The maximum Gasteiger partial charge on any atom is 0.222 e. The van der Waals surface area contributed by atoms with Gasteiger partial charge in [0.2, 0.25) is 5.91 Å². The summed E-state index contributed by atoms with van der Waals surface area (Å²) < 4.78 is 11.0. The lowest BCUT2D eigenvalue weighted by molar-refractivity contribution is -0.120. The van der Waals surface area contributed by atoms with Crippen molar-refractivity contribution in [3.05, 3.63) is 18.2 Å². The van der Waals surface area contributed by atoms with E-state index in [4.69, 9.17) is 15.2 Å². The lowest BCUT2D eigenvalue weighted by Gasteiger charge is -2.14. The van der Waals surface area contributed by atoms with Crippen LogP contribution in [0, 0.1) is 5.92 Å². The lowest BCUT2D eigenvalue weighted by atomic mass is 10.1. The monoisotopic (exact) mass is 266 g/mol. The predicted octanol–water partition coefficient (Wildman–Crippen LogP) is 2.02. The molecule has 1 amide bonds. The topological polar surface area (TPSA) is 73.6 Å². The Bertz CT molecular complexity index is 421. The summed E-state index contributed by atoms with van der Waals surface area (Å²) in [5.41, 5.74) is 6.09. The Morgan fingerprint density at radius 1 is 1.26 bits per heavy atom. The zero-order chi connectivity index (χ0) is 14.3. The van der Waals surface area contributed by atoms with E-state index in [2.05, 4.69) is 5.32 Å². The third kappa shape index (κ3) is 4.69. The van der Waals surface area contributed by atoms with Crippen LogP contribution in [0.1, 0.15) is 20.8 Å². The van der Waals surface area contributed by atoms with Crippen molar-refractivity contribution in [1.82, 2.24) is 0 Å². The molecular weight excluding hydrogens is 244 g/mol. The van der Waals surface area contributed by atoms with Crippen LogP contribution in [-0.2, 0) is 4.79 Å². The number of ether oxygens (including phenoxy) is 2. The molecule has 5 heteroatoms. The zero-order valence-corrected chi connectivity index (χ0v) is 11.7. The highest BCUT2D eigenvalue weighted by Crippen LogP contribution is 2.30. The molecule has 1 aromatic rings. The molecule has 0 aliphatic rings. The summed E-state index contributed by atoms with van der Waals surface area (Å²) in [5.74, 6) is 0.879. The van der Waals surface area contributed by atoms with E-state index in [1.807, 2.05) is 32.0 Å². The van der Waals surface area contributed by atoms with Crippen molar-refractivity contribution in [2.75, 3.05) is 25.1 Å². The van der Waals surface area contributed by atoms with Crippen LogP contribution in [0.2, 0.25) is 0 Å². The highest BCUT2D eigenvalue weighted by molar-refractivity contribution is 5.76. The Balaban J connectivity index is 2.74. The van der Waals surface area contributed by atoms with Crippen molar-refractivity contribution in [2.45, 2.75) is 20.8 Å². The number of rotatable bonds is 8. The van der Waals surface area contributed by atoms with Crippen LogP contribution in [0.5, 0.6) is 11.5 Å². The number of primary amides is 1. The Morgan fingerprint density at radius 3 is 2.47 bits per heavy atom. The predicted molar refractivity (Wildman–Crippen MR) is 75.6 cm³/mol. The van der Waals surface area contributed by atoms with Gasteiger partial charge in [0.05, 0.1) is 19.1 Å². The molecule has 5 nitrogen and oxygen atoms in total. The molecule has 0 saturated carbocycles. The van der Waals surface area contributed by atoms with Gasteiger partial charge in [0.1, 0.15) is 0 Å². The molecule has 0 fully saturated rings. The lowest BCUT2D eigenvalue weighted by Crippen LogP contribution is -2.26. The Kier molecular flexibility index (Phi) is 5.99. The van der Waals surface area contributed by atoms with E-state index in [0.717, 1.165) is 11.4 Å². The molecule has 0 heterocycles. The summed E-state index contributed by atoms with van der Waals surface area (Å²) in [4.78, 5) is 11.0. The Morgan fingerprint density at radius 2 is 1.89 bits per heavy atom. The molecule has 3 N–H and O–H groups in total. The average molecular weight is 266 g/mol. The van der Waals surface area contributed by atoms with E-state index in [1.54, 1.807) is 6.92 Å². The molecule has 0 aromatic heterocycles. The van der Waals surface area contributed by atoms with E-state index in [1.165, 1.54) is 0 Å². The molecule has 0 saturated heterocycles. The summed E-state index contributed by atoms with van der Waals surface area (Å²) in [7, 11) is 0. The van der Waals surface area contributed by atoms with Crippen LogP contribution in [0.4, 0.5) is 5.69 Å². The minimum Gasteiger partial charge on any atom is -0.490 e. The van der Waals surface area contributed by atoms with Crippen LogP contribution in [0.25, 0.3) is 0 Å². The van der Waals surface area contributed by atoms with E-state index < -0.39 is 0 Å². The number of nitrogens with two attached hydrogens (primary N) is 1. The SMILES string of the molecule is CCOc1ccc(NCC(C)C(N)=O)cc1OCC. The van der Waals surface area contributed by atoms with Gasteiger partial charge >= 0.3 is 0 Å². The minimum atomic E-state index is -0.316. The van der Waals surface area contributed by atoms with Crippen molar-refractivity contribution in [3.63, 3.8) is 0 Å². The number of hydrogen-bond acceptors (Lipinski definition) is 4. The van der Waals surface area contributed by atoms with Gasteiger partial charge in [0.15, 0.2) is 11.5 Å². The largest absolute Gasteiger partial charge is 0.490 e. The third-order valence-corrected chi connectivity index (χ3v) is 2.64. The number of benzene rings is 1. The van der Waals surface area contributed by atoms with Crippen molar-refractivity contribution in [2.24, 2.45) is 11.7 Å². The first-order chi connectivity index (χ1) is 9.08. The van der Waals surface area contributed by atoms with Crippen LogP contribution in [-0.4, -0.2) is 25.7 Å². The Hall–Kier alpha value is -1.91. The first-order valence-corrected chi connectivity index (χ1v) is 6.51. The van der Waals surface area contributed by atoms with Crippen molar-refractivity contribution >= 4 is 11.6 Å². The fourth-order valence-corrected chi connectivity index (χ4v) is 1.53. The van der Waals surface area contributed by atoms with E-state index >= 15 is 0 Å². The molecular formula is C14H22N2O3. The molecule has 0 aliphatic carbocycles. The summed E-state index contributed by atoms with van der Waals surface area (Å²) in [6.45, 7) is 7.29. The second-order valence-corrected chi connectivity index (χ2v) is 4.21. The summed E-state index contributed by atoms with van der Waals surface area (Å²) in [6, 6.07) is 5.61. The average Bonchev–Trinajstić information content (AvgIpc) is 2.39. The fraction of sp³-hybridized carbons (Fsp3) is 0.500. The van der Waals surface area contributed by atoms with Gasteiger partial charge in [0, 0.05) is 18.3 Å². The first-order valence-electron chi connectivity index (χ1n) is 6.51. The second-order valence-electron chi connectivity index (χ2n) is 4.21. The zero-order valence-electron chi connectivity index (χ0n) is 11.7. The fourth-order valence-electron chi connectivity index (χ4n) is 1.53. The van der Waals surface area contributed by atoms with Crippen LogP contribution in [0.15, 0.2) is 18.2 Å². The number of anilines is 1. The minimum absolute atomic E-state index is 0.220. The normalized spacial score (nSPS) is 11.7. The number of carbonyl (C=O) groups excluding carboxylic acids is 1. The first kappa shape index (κ1) is 15.1. The van der Waals surface area contributed by atoms with Gasteiger partial charge in [-0.3, -0.25) is 4.79 Å². The highest BCUT2D eigenvalue weighted by atomic mass is 16.5. The van der Waals surface area contributed by atoms with Crippen LogP contribution in [0.3, 0.4) is 0 Å². The molecule has 1 unspecified atom stereocenters. The van der Waals surface area contributed by atoms with Crippen molar-refractivity contribution < 1.29 is 14.3 Å². The van der Waals surface area contributed by atoms with Gasteiger partial charge in [-0.1, -0.05) is 6.92 Å². The number of carbonyl (C=O) groups is 1. The van der Waals surface area contributed by atoms with Crippen molar-refractivity contribution in [1.29, 1.82) is 0 Å². The maximum absolute atomic E-state index is 11.0. The van der Waals surface area contributed by atoms with E-state index in [-0.39, 0.29) is 11.8 Å². The summed E-state index contributed by atoms with van der Waals surface area (Å²) >= 11 is 0. The number of amides is 1. The molecule has 0 spiro atoms. The Labute approximate surface area is 114 Å². The van der Waals surface area contributed by atoms with Crippen LogP contribution < -0.4 is 20.5 Å². The van der Waals surface area contributed by atoms with Gasteiger partial charge in [-0.2, -0.15) is 0 Å². The summed E-state index contributed by atoms with van der Waals surface area (Å²) in [6.07, 6.45) is 0.